The Bertz CT molecular complexity index is 1220. The highest BCUT2D eigenvalue weighted by Gasteiger charge is 2.16. The van der Waals surface area contributed by atoms with Gasteiger partial charge in [0.15, 0.2) is 11.7 Å². The number of halogens is 1. The topological polar surface area (TPSA) is 85.0 Å². The molecular formula is C27H27FN2O5. The molecule has 0 aliphatic heterocycles. The number of aliphatic carboxylic acids is 1. The highest BCUT2D eigenvalue weighted by atomic mass is 19.1. The minimum absolute atomic E-state index is 0.300. The number of hydrogen-bond donors (Lipinski definition) is 1. The predicted octanol–water partition coefficient (Wildman–Crippen LogP) is 5.34. The summed E-state index contributed by atoms with van der Waals surface area (Å²) in [5.41, 5.74) is 2.50. The van der Waals surface area contributed by atoms with Gasteiger partial charge in [0.2, 0.25) is 0 Å². The number of aromatic nitrogens is 1. The number of carboxylic acids is 1. The molecule has 0 amide bonds. The van der Waals surface area contributed by atoms with E-state index >= 15 is 0 Å². The number of hydrogen-bond acceptors (Lipinski definition) is 6. The van der Waals surface area contributed by atoms with Crippen molar-refractivity contribution in [1.29, 1.82) is 0 Å². The Hall–Kier alpha value is -4.07. The Morgan fingerprint density at radius 1 is 1.06 bits per heavy atom. The minimum Gasteiger partial charge on any atom is -0.494 e. The van der Waals surface area contributed by atoms with Crippen molar-refractivity contribution in [3.63, 3.8) is 0 Å². The molecule has 182 valence electrons. The van der Waals surface area contributed by atoms with Gasteiger partial charge in [0.1, 0.15) is 22.8 Å². The van der Waals surface area contributed by atoms with Crippen LogP contribution in [0.3, 0.4) is 0 Å². The van der Waals surface area contributed by atoms with E-state index in [4.69, 9.17) is 19.0 Å². The number of para-hydroxylation sites is 2. The first-order valence-corrected chi connectivity index (χ1v) is 11.5. The fourth-order valence-electron chi connectivity index (χ4n) is 3.57. The summed E-state index contributed by atoms with van der Waals surface area (Å²) in [6.07, 6.45) is 0.452. The number of carboxylic acid groups (broad SMARTS) is 1. The number of ether oxygens (including phenoxy) is 2. The molecule has 1 N–H and O–H groups in total. The summed E-state index contributed by atoms with van der Waals surface area (Å²) in [4.78, 5) is 17.8. The van der Waals surface area contributed by atoms with E-state index in [2.05, 4.69) is 9.88 Å². The second kappa shape index (κ2) is 11.4. The fraction of sp³-hybridized carbons (Fsp3) is 0.259. The lowest BCUT2D eigenvalue weighted by Crippen LogP contribution is -2.28. The average molecular weight is 479 g/mol. The molecule has 0 saturated heterocycles. The van der Waals surface area contributed by atoms with Crippen LogP contribution in [0.5, 0.6) is 11.5 Å². The van der Waals surface area contributed by atoms with Gasteiger partial charge in [0.05, 0.1) is 6.61 Å². The quantitative estimate of drug-likeness (QED) is 0.275. The maximum atomic E-state index is 13.1. The average Bonchev–Trinajstić information content (AvgIpc) is 3.29. The molecule has 8 heteroatoms. The molecule has 7 nitrogen and oxygen atoms in total. The van der Waals surface area contributed by atoms with Crippen LogP contribution in [0.25, 0.3) is 11.1 Å². The zero-order chi connectivity index (χ0) is 24.6. The summed E-state index contributed by atoms with van der Waals surface area (Å²) in [6, 6.07) is 21.5. The zero-order valence-corrected chi connectivity index (χ0v) is 19.4. The molecule has 0 fully saturated rings. The summed E-state index contributed by atoms with van der Waals surface area (Å²) in [5.74, 6) is -0.183. The highest BCUT2D eigenvalue weighted by molar-refractivity contribution is 5.74. The molecule has 0 aliphatic carbocycles. The van der Waals surface area contributed by atoms with E-state index in [-0.39, 0.29) is 5.82 Å². The molecule has 1 aromatic heterocycles. The number of fused-ring (bicyclic) bond motifs is 1. The Labute approximate surface area is 202 Å². The molecule has 1 heterocycles. The van der Waals surface area contributed by atoms with Crippen LogP contribution in [-0.4, -0.2) is 41.9 Å². The van der Waals surface area contributed by atoms with Crippen molar-refractivity contribution in [2.45, 2.75) is 25.9 Å². The normalized spacial score (nSPS) is 11.8. The van der Waals surface area contributed by atoms with Gasteiger partial charge in [-0.05, 0) is 73.9 Å². The van der Waals surface area contributed by atoms with Gasteiger partial charge >= 0.3 is 5.97 Å². The molecular weight excluding hydrogens is 451 g/mol. The van der Waals surface area contributed by atoms with Gasteiger partial charge in [-0.25, -0.2) is 9.18 Å². The van der Waals surface area contributed by atoms with E-state index in [1.807, 2.05) is 42.5 Å². The molecule has 0 spiro atoms. The van der Waals surface area contributed by atoms with E-state index in [0.717, 1.165) is 11.1 Å². The molecule has 1 unspecified atom stereocenters. The number of oxazole rings is 1. The molecule has 1 atom stereocenters. The third-order valence-corrected chi connectivity index (χ3v) is 5.44. The van der Waals surface area contributed by atoms with Crippen LogP contribution in [0.1, 0.15) is 18.9 Å². The van der Waals surface area contributed by atoms with Gasteiger partial charge in [0.25, 0.3) is 6.01 Å². The standard InChI is InChI=1S/C27H27FN2O5/c1-19(26(31)32)34-23-7-4-6-20(18-23)14-16-30(27-29-24-8-2-3-9-25(24)35-27)15-5-17-33-22-12-10-21(28)11-13-22/h2-4,6-13,18-19H,5,14-17H2,1H3,(H,31,32). The van der Waals surface area contributed by atoms with E-state index in [9.17, 15) is 9.18 Å². The van der Waals surface area contributed by atoms with Gasteiger partial charge in [-0.1, -0.05) is 24.3 Å². The molecule has 4 aromatic rings. The van der Waals surface area contributed by atoms with Crippen molar-refractivity contribution in [1.82, 2.24) is 4.98 Å². The predicted molar refractivity (Wildman–Crippen MR) is 131 cm³/mol. The SMILES string of the molecule is CC(Oc1cccc(CCN(CCCOc2ccc(F)cc2)c2nc3ccccc3o2)c1)C(=O)O. The second-order valence-electron chi connectivity index (χ2n) is 8.10. The van der Waals surface area contributed by atoms with Crippen LogP contribution in [0, 0.1) is 5.82 Å². The van der Waals surface area contributed by atoms with Crippen LogP contribution >= 0.6 is 0 Å². The van der Waals surface area contributed by atoms with Crippen LogP contribution in [-0.2, 0) is 11.2 Å². The van der Waals surface area contributed by atoms with Gasteiger partial charge in [0, 0.05) is 13.1 Å². The summed E-state index contributed by atoms with van der Waals surface area (Å²) >= 11 is 0. The van der Waals surface area contributed by atoms with Crippen LogP contribution in [0.2, 0.25) is 0 Å². The number of nitrogens with zero attached hydrogens (tertiary/aromatic N) is 2. The van der Waals surface area contributed by atoms with Crippen molar-refractivity contribution in [2.75, 3.05) is 24.6 Å². The van der Waals surface area contributed by atoms with Crippen molar-refractivity contribution < 1.29 is 28.2 Å². The van der Waals surface area contributed by atoms with E-state index < -0.39 is 12.1 Å². The lowest BCUT2D eigenvalue weighted by atomic mass is 10.1. The van der Waals surface area contributed by atoms with Gasteiger partial charge < -0.3 is 23.9 Å². The molecule has 3 aromatic carbocycles. The first kappa shape index (κ1) is 24.1. The fourth-order valence-corrected chi connectivity index (χ4v) is 3.57. The number of benzene rings is 3. The summed E-state index contributed by atoms with van der Waals surface area (Å²) in [7, 11) is 0. The highest BCUT2D eigenvalue weighted by Crippen LogP contribution is 2.23. The van der Waals surface area contributed by atoms with Crippen molar-refractivity contribution in [3.8, 4) is 11.5 Å². The number of anilines is 1. The van der Waals surface area contributed by atoms with Crippen molar-refractivity contribution in [3.05, 3.63) is 84.2 Å². The summed E-state index contributed by atoms with van der Waals surface area (Å²) in [6.45, 7) is 3.22. The molecule has 0 aliphatic rings. The first-order chi connectivity index (χ1) is 17.0. The van der Waals surface area contributed by atoms with E-state index in [1.165, 1.54) is 19.1 Å². The Morgan fingerprint density at radius 3 is 2.63 bits per heavy atom. The third-order valence-electron chi connectivity index (χ3n) is 5.44. The Morgan fingerprint density at radius 2 is 1.86 bits per heavy atom. The molecule has 4 rings (SSSR count). The maximum Gasteiger partial charge on any atom is 0.344 e. The van der Waals surface area contributed by atoms with Crippen molar-refractivity contribution in [2.24, 2.45) is 0 Å². The van der Waals surface area contributed by atoms with Crippen molar-refractivity contribution >= 4 is 23.1 Å². The summed E-state index contributed by atoms with van der Waals surface area (Å²) < 4.78 is 30.3. The van der Waals surface area contributed by atoms with Gasteiger partial charge in [-0.2, -0.15) is 4.98 Å². The Kier molecular flexibility index (Phi) is 7.82. The smallest absolute Gasteiger partial charge is 0.344 e. The van der Waals surface area contributed by atoms with Gasteiger partial charge in [-0.15, -0.1) is 0 Å². The largest absolute Gasteiger partial charge is 0.494 e. The van der Waals surface area contributed by atoms with E-state index in [1.54, 1.807) is 18.2 Å². The maximum absolute atomic E-state index is 13.1. The third kappa shape index (κ3) is 6.72. The minimum atomic E-state index is -1.01. The lowest BCUT2D eigenvalue weighted by molar-refractivity contribution is -0.144. The molecule has 0 saturated carbocycles. The Balaban J connectivity index is 1.41. The summed E-state index contributed by atoms with van der Waals surface area (Å²) in [5, 5.41) is 9.09. The zero-order valence-electron chi connectivity index (χ0n) is 19.4. The first-order valence-electron chi connectivity index (χ1n) is 11.5. The molecule has 0 bridgehead atoms. The monoisotopic (exact) mass is 478 g/mol. The number of carbonyl (C=O) groups is 1. The lowest BCUT2D eigenvalue weighted by Gasteiger charge is -2.21. The van der Waals surface area contributed by atoms with Crippen LogP contribution in [0.4, 0.5) is 10.4 Å². The van der Waals surface area contributed by atoms with Gasteiger partial charge in [-0.3, -0.25) is 0 Å². The van der Waals surface area contributed by atoms with E-state index in [0.29, 0.717) is 55.6 Å². The number of rotatable bonds is 12. The molecule has 35 heavy (non-hydrogen) atoms. The van der Waals surface area contributed by atoms with Crippen LogP contribution in [0.15, 0.2) is 77.2 Å². The van der Waals surface area contributed by atoms with Crippen LogP contribution < -0.4 is 14.4 Å². The molecule has 0 radical (unpaired) electrons. The second-order valence-corrected chi connectivity index (χ2v) is 8.10.